The number of benzene rings is 1. The molecule has 0 radical (unpaired) electrons. The van der Waals surface area contributed by atoms with Gasteiger partial charge in [-0.2, -0.15) is 0 Å². The molecule has 5 nitrogen and oxygen atoms in total. The predicted molar refractivity (Wildman–Crippen MR) is 72.1 cm³/mol. The first kappa shape index (κ1) is 13.6. The van der Waals surface area contributed by atoms with Gasteiger partial charge in [0.2, 0.25) is 0 Å². The Balaban J connectivity index is 2.40. The first-order chi connectivity index (χ1) is 9.17. The van der Waals surface area contributed by atoms with Crippen molar-refractivity contribution in [1.29, 1.82) is 0 Å². The lowest BCUT2D eigenvalue weighted by molar-refractivity contribution is 0.0520. The number of aromatic nitrogens is 1. The second kappa shape index (κ2) is 5.88. The fraction of sp³-hybridized carbons (Fsp3) is 0.231. The van der Waals surface area contributed by atoms with Crippen LogP contribution in [0.5, 0.6) is 5.75 Å². The Bertz CT molecular complexity index is 594. The van der Waals surface area contributed by atoms with Gasteiger partial charge in [0, 0.05) is 5.56 Å². The van der Waals surface area contributed by atoms with Crippen LogP contribution in [0.3, 0.4) is 0 Å². The molecule has 2 rings (SSSR count). The van der Waals surface area contributed by atoms with E-state index in [1.165, 1.54) is 6.39 Å². The van der Waals surface area contributed by atoms with Gasteiger partial charge in [-0.05, 0) is 41.1 Å². The first-order valence-electron chi connectivity index (χ1n) is 5.62. The highest BCUT2D eigenvalue weighted by atomic mass is 79.9. The predicted octanol–water partition coefficient (Wildman–Crippen LogP) is 3.29. The van der Waals surface area contributed by atoms with E-state index in [1.54, 1.807) is 32.2 Å². The van der Waals surface area contributed by atoms with Crippen molar-refractivity contribution in [3.05, 3.63) is 34.8 Å². The molecule has 1 aromatic heterocycles. The van der Waals surface area contributed by atoms with Gasteiger partial charge in [-0.3, -0.25) is 0 Å². The largest absolute Gasteiger partial charge is 0.496 e. The number of oxazole rings is 1. The van der Waals surface area contributed by atoms with E-state index < -0.39 is 5.97 Å². The first-order valence-corrected chi connectivity index (χ1v) is 6.41. The number of hydrogen-bond donors (Lipinski definition) is 0. The summed E-state index contributed by atoms with van der Waals surface area (Å²) in [5.74, 6) is 0.570. The summed E-state index contributed by atoms with van der Waals surface area (Å²) in [5, 5.41) is 0. The van der Waals surface area contributed by atoms with Gasteiger partial charge in [-0.25, -0.2) is 9.78 Å². The Morgan fingerprint density at radius 3 is 2.89 bits per heavy atom. The Hall–Kier alpha value is -1.82. The van der Waals surface area contributed by atoms with E-state index in [0.29, 0.717) is 17.1 Å². The summed E-state index contributed by atoms with van der Waals surface area (Å²) < 4.78 is 16.1. The Labute approximate surface area is 118 Å². The van der Waals surface area contributed by atoms with Crippen molar-refractivity contribution in [2.45, 2.75) is 6.92 Å². The molecular weight excluding hydrogens is 314 g/mol. The number of carbonyl (C=O) groups is 1. The number of halogens is 1. The molecule has 0 saturated heterocycles. The van der Waals surface area contributed by atoms with Gasteiger partial charge in [0.15, 0.2) is 17.8 Å². The van der Waals surface area contributed by atoms with Crippen molar-refractivity contribution >= 4 is 21.9 Å². The van der Waals surface area contributed by atoms with Crippen molar-refractivity contribution in [3.8, 4) is 17.1 Å². The van der Waals surface area contributed by atoms with Crippen molar-refractivity contribution in [2.24, 2.45) is 0 Å². The molecule has 2 aromatic rings. The van der Waals surface area contributed by atoms with Crippen molar-refractivity contribution in [2.75, 3.05) is 13.7 Å². The van der Waals surface area contributed by atoms with Crippen LogP contribution >= 0.6 is 15.9 Å². The SMILES string of the molecule is CCOC(=O)c1ncoc1-c1ccc(OC)c(Br)c1. The summed E-state index contributed by atoms with van der Waals surface area (Å²) in [6.07, 6.45) is 1.22. The molecule has 0 unspecified atom stereocenters. The molecule has 0 aliphatic rings. The second-order valence-corrected chi connectivity index (χ2v) is 4.45. The highest BCUT2D eigenvalue weighted by Crippen LogP contribution is 2.32. The summed E-state index contributed by atoms with van der Waals surface area (Å²) >= 11 is 3.38. The van der Waals surface area contributed by atoms with Crippen LogP contribution in [0.25, 0.3) is 11.3 Å². The summed E-state index contributed by atoms with van der Waals surface area (Å²) in [4.78, 5) is 15.6. The van der Waals surface area contributed by atoms with Gasteiger partial charge in [0.25, 0.3) is 0 Å². The standard InChI is InChI=1S/C13H12BrNO4/c1-3-18-13(16)11-12(19-7-15-11)8-4-5-10(17-2)9(14)6-8/h4-7H,3H2,1-2H3. The van der Waals surface area contributed by atoms with Gasteiger partial charge in [-0.1, -0.05) is 0 Å². The van der Waals surface area contributed by atoms with E-state index in [9.17, 15) is 4.79 Å². The molecule has 1 heterocycles. The van der Waals surface area contributed by atoms with Gasteiger partial charge in [-0.15, -0.1) is 0 Å². The Morgan fingerprint density at radius 2 is 2.26 bits per heavy atom. The van der Waals surface area contributed by atoms with E-state index in [2.05, 4.69) is 20.9 Å². The van der Waals surface area contributed by atoms with Crippen molar-refractivity contribution < 1.29 is 18.7 Å². The van der Waals surface area contributed by atoms with E-state index in [0.717, 1.165) is 4.47 Å². The second-order valence-electron chi connectivity index (χ2n) is 3.60. The van der Waals surface area contributed by atoms with Crippen molar-refractivity contribution in [3.63, 3.8) is 0 Å². The fourth-order valence-electron chi connectivity index (χ4n) is 1.60. The number of esters is 1. The molecule has 0 spiro atoms. The van der Waals surface area contributed by atoms with Crippen LogP contribution in [0.4, 0.5) is 0 Å². The minimum atomic E-state index is -0.502. The van der Waals surface area contributed by atoms with Crippen LogP contribution in [-0.2, 0) is 4.74 Å². The molecule has 0 bridgehead atoms. The summed E-state index contributed by atoms with van der Waals surface area (Å²) in [5.41, 5.74) is 0.882. The summed E-state index contributed by atoms with van der Waals surface area (Å²) in [6.45, 7) is 2.03. The van der Waals surface area contributed by atoms with E-state index in [-0.39, 0.29) is 12.3 Å². The molecule has 19 heavy (non-hydrogen) atoms. The molecule has 100 valence electrons. The third kappa shape index (κ3) is 2.78. The average Bonchev–Trinajstić information content (AvgIpc) is 2.88. The van der Waals surface area contributed by atoms with E-state index >= 15 is 0 Å². The normalized spacial score (nSPS) is 10.3. The van der Waals surface area contributed by atoms with Crippen molar-refractivity contribution in [1.82, 2.24) is 4.98 Å². The lowest BCUT2D eigenvalue weighted by Gasteiger charge is -2.05. The van der Waals surface area contributed by atoms with Gasteiger partial charge in [0.05, 0.1) is 18.2 Å². The van der Waals surface area contributed by atoms with E-state index in [4.69, 9.17) is 13.9 Å². The number of methoxy groups -OCH3 is 1. The van der Waals surface area contributed by atoms with Crippen LogP contribution < -0.4 is 4.74 Å². The number of rotatable bonds is 4. The number of hydrogen-bond acceptors (Lipinski definition) is 5. The average molecular weight is 326 g/mol. The zero-order chi connectivity index (χ0) is 13.8. The van der Waals surface area contributed by atoms with E-state index in [1.807, 2.05) is 0 Å². The lowest BCUT2D eigenvalue weighted by Crippen LogP contribution is -2.06. The smallest absolute Gasteiger partial charge is 0.360 e. The molecule has 0 N–H and O–H groups in total. The molecule has 0 aliphatic carbocycles. The number of nitrogens with zero attached hydrogens (tertiary/aromatic N) is 1. The molecular formula is C13H12BrNO4. The van der Waals surface area contributed by atoms with Crippen LogP contribution in [0.1, 0.15) is 17.4 Å². The zero-order valence-corrected chi connectivity index (χ0v) is 12.1. The highest BCUT2D eigenvalue weighted by Gasteiger charge is 2.19. The maximum absolute atomic E-state index is 11.7. The van der Waals surface area contributed by atoms with Crippen LogP contribution in [-0.4, -0.2) is 24.7 Å². The molecule has 0 saturated carbocycles. The van der Waals surface area contributed by atoms with Gasteiger partial charge in [0.1, 0.15) is 5.75 Å². The fourth-order valence-corrected chi connectivity index (χ4v) is 2.14. The molecule has 6 heteroatoms. The molecule has 0 atom stereocenters. The zero-order valence-electron chi connectivity index (χ0n) is 10.5. The highest BCUT2D eigenvalue weighted by molar-refractivity contribution is 9.10. The summed E-state index contributed by atoms with van der Waals surface area (Å²) in [6, 6.07) is 5.35. The van der Waals surface area contributed by atoms with Crippen LogP contribution in [0.2, 0.25) is 0 Å². The Kier molecular flexibility index (Phi) is 4.21. The third-order valence-corrected chi connectivity index (χ3v) is 3.07. The number of carbonyl (C=O) groups excluding carboxylic acids is 1. The Morgan fingerprint density at radius 1 is 1.47 bits per heavy atom. The number of ether oxygens (including phenoxy) is 2. The molecule has 1 aromatic carbocycles. The molecule has 0 fully saturated rings. The monoisotopic (exact) mass is 325 g/mol. The van der Waals surface area contributed by atoms with Crippen LogP contribution in [0.15, 0.2) is 33.5 Å². The summed E-state index contributed by atoms with van der Waals surface area (Å²) in [7, 11) is 1.58. The maximum atomic E-state index is 11.7. The molecule has 0 amide bonds. The minimum absolute atomic E-state index is 0.166. The van der Waals surface area contributed by atoms with Gasteiger partial charge >= 0.3 is 5.97 Å². The maximum Gasteiger partial charge on any atom is 0.360 e. The topological polar surface area (TPSA) is 61.6 Å². The van der Waals surface area contributed by atoms with Gasteiger partial charge < -0.3 is 13.9 Å². The third-order valence-electron chi connectivity index (χ3n) is 2.45. The lowest BCUT2D eigenvalue weighted by atomic mass is 10.1. The molecule has 0 aliphatic heterocycles. The van der Waals surface area contributed by atoms with Crippen LogP contribution in [0, 0.1) is 0 Å². The minimum Gasteiger partial charge on any atom is -0.496 e. The quantitative estimate of drug-likeness (QED) is 0.807.